The first-order valence-corrected chi connectivity index (χ1v) is 8.90. The van der Waals surface area contributed by atoms with Crippen LogP contribution in [-0.4, -0.2) is 21.5 Å². The molecule has 2 heterocycles. The number of aryl methyl sites for hydroxylation is 1. The molecule has 0 saturated carbocycles. The molecule has 0 amide bonds. The number of rotatable bonds is 7. The molecule has 1 aromatic carbocycles. The van der Waals surface area contributed by atoms with Gasteiger partial charge in [-0.05, 0) is 43.2 Å². The van der Waals surface area contributed by atoms with Crippen LogP contribution in [0.1, 0.15) is 17.7 Å². The van der Waals surface area contributed by atoms with Gasteiger partial charge in [0.2, 0.25) is 5.95 Å². The van der Waals surface area contributed by atoms with Gasteiger partial charge < -0.3 is 10.6 Å². The predicted octanol–water partition coefficient (Wildman–Crippen LogP) is 5.33. The lowest BCUT2D eigenvalue weighted by atomic mass is 10.2. The van der Waals surface area contributed by atoms with Gasteiger partial charge in [0, 0.05) is 24.1 Å². The molecule has 0 unspecified atom stereocenters. The van der Waals surface area contributed by atoms with Crippen molar-refractivity contribution < 1.29 is 13.2 Å². The standard InChI is InChI=1S/C19H17ClF3N5/c20-16-12-26-18(25-10-4-8-14-6-1-2-9-24-14)28-17(16)27-15-7-3-5-13(11-15)19(21,22)23/h1-3,5-7,9,11-12H,4,8,10H2,(H2,25,26,27,28). The predicted molar refractivity (Wildman–Crippen MR) is 103 cm³/mol. The van der Waals surface area contributed by atoms with Gasteiger partial charge in [-0.25, -0.2) is 4.98 Å². The number of nitrogens with zero attached hydrogens (tertiary/aromatic N) is 3. The van der Waals surface area contributed by atoms with E-state index in [1.54, 1.807) is 6.20 Å². The van der Waals surface area contributed by atoms with E-state index in [4.69, 9.17) is 11.6 Å². The average molecular weight is 408 g/mol. The summed E-state index contributed by atoms with van der Waals surface area (Å²) in [5, 5.41) is 6.09. The molecular formula is C19H17ClF3N5. The molecule has 9 heteroatoms. The summed E-state index contributed by atoms with van der Waals surface area (Å²) in [6, 6.07) is 10.6. The Morgan fingerprint density at radius 1 is 1.04 bits per heavy atom. The van der Waals surface area contributed by atoms with Crippen LogP contribution < -0.4 is 10.6 Å². The van der Waals surface area contributed by atoms with Crippen molar-refractivity contribution in [3.05, 3.63) is 71.1 Å². The van der Waals surface area contributed by atoms with E-state index in [2.05, 4.69) is 25.6 Å². The van der Waals surface area contributed by atoms with Gasteiger partial charge in [-0.2, -0.15) is 18.2 Å². The molecule has 3 rings (SSSR count). The number of hydrogen-bond donors (Lipinski definition) is 2. The lowest BCUT2D eigenvalue weighted by molar-refractivity contribution is -0.137. The molecule has 0 aliphatic heterocycles. The average Bonchev–Trinajstić information content (AvgIpc) is 2.68. The summed E-state index contributed by atoms with van der Waals surface area (Å²) in [5.41, 5.74) is 0.473. The molecule has 2 aromatic heterocycles. The number of anilines is 3. The van der Waals surface area contributed by atoms with Crippen molar-refractivity contribution in [2.45, 2.75) is 19.0 Å². The van der Waals surface area contributed by atoms with Gasteiger partial charge in [0.1, 0.15) is 5.02 Å². The normalized spacial score (nSPS) is 11.3. The Morgan fingerprint density at radius 2 is 1.89 bits per heavy atom. The van der Waals surface area contributed by atoms with Gasteiger partial charge in [0.05, 0.1) is 11.8 Å². The summed E-state index contributed by atoms with van der Waals surface area (Å²) < 4.78 is 38.6. The molecule has 0 spiro atoms. The number of nitrogens with one attached hydrogen (secondary N) is 2. The second kappa shape index (κ2) is 8.88. The van der Waals surface area contributed by atoms with Crippen LogP contribution in [0.15, 0.2) is 54.9 Å². The van der Waals surface area contributed by atoms with Crippen molar-refractivity contribution in [1.29, 1.82) is 0 Å². The van der Waals surface area contributed by atoms with E-state index < -0.39 is 11.7 Å². The summed E-state index contributed by atoms with van der Waals surface area (Å²) in [5.74, 6) is 0.558. The molecular weight excluding hydrogens is 391 g/mol. The van der Waals surface area contributed by atoms with Crippen molar-refractivity contribution in [2.24, 2.45) is 0 Å². The molecule has 0 bridgehead atoms. The molecule has 3 aromatic rings. The molecule has 0 aliphatic carbocycles. The first kappa shape index (κ1) is 19.9. The summed E-state index contributed by atoms with van der Waals surface area (Å²) in [7, 11) is 0. The third-order valence-electron chi connectivity index (χ3n) is 3.82. The fourth-order valence-corrected chi connectivity index (χ4v) is 2.60. The fourth-order valence-electron chi connectivity index (χ4n) is 2.47. The van der Waals surface area contributed by atoms with Crippen LogP contribution in [0, 0.1) is 0 Å². The first-order valence-electron chi connectivity index (χ1n) is 8.52. The van der Waals surface area contributed by atoms with Crippen LogP contribution in [-0.2, 0) is 12.6 Å². The third kappa shape index (κ3) is 5.56. The number of benzene rings is 1. The van der Waals surface area contributed by atoms with E-state index in [1.807, 2.05) is 18.2 Å². The quantitative estimate of drug-likeness (QED) is 0.518. The summed E-state index contributed by atoms with van der Waals surface area (Å²) in [6.07, 6.45) is 0.339. The van der Waals surface area contributed by atoms with Crippen LogP contribution in [0.4, 0.5) is 30.6 Å². The zero-order chi connectivity index (χ0) is 20.0. The molecule has 5 nitrogen and oxygen atoms in total. The van der Waals surface area contributed by atoms with Crippen LogP contribution in [0.25, 0.3) is 0 Å². The lowest BCUT2D eigenvalue weighted by Gasteiger charge is -2.12. The third-order valence-corrected chi connectivity index (χ3v) is 4.09. The monoisotopic (exact) mass is 407 g/mol. The van der Waals surface area contributed by atoms with Crippen molar-refractivity contribution in [1.82, 2.24) is 15.0 Å². The van der Waals surface area contributed by atoms with Gasteiger partial charge >= 0.3 is 6.18 Å². The molecule has 2 N–H and O–H groups in total. The Kier molecular flexibility index (Phi) is 6.30. The largest absolute Gasteiger partial charge is 0.416 e. The van der Waals surface area contributed by atoms with Gasteiger partial charge in [-0.1, -0.05) is 23.7 Å². The van der Waals surface area contributed by atoms with Crippen LogP contribution in [0.3, 0.4) is 0 Å². The van der Waals surface area contributed by atoms with E-state index in [0.29, 0.717) is 12.5 Å². The number of hydrogen-bond acceptors (Lipinski definition) is 5. The maximum absolute atomic E-state index is 12.9. The number of halogens is 4. The molecule has 146 valence electrons. The minimum atomic E-state index is -4.42. The highest BCUT2D eigenvalue weighted by atomic mass is 35.5. The lowest BCUT2D eigenvalue weighted by Crippen LogP contribution is -2.08. The van der Waals surface area contributed by atoms with Crippen LogP contribution in [0.2, 0.25) is 5.02 Å². The Hall–Kier alpha value is -2.87. The van der Waals surface area contributed by atoms with E-state index in [1.165, 1.54) is 18.3 Å². The zero-order valence-corrected chi connectivity index (χ0v) is 15.4. The van der Waals surface area contributed by atoms with Crippen molar-refractivity contribution >= 4 is 29.1 Å². The maximum Gasteiger partial charge on any atom is 0.416 e. The highest BCUT2D eigenvalue weighted by Gasteiger charge is 2.30. The Balaban J connectivity index is 1.62. The van der Waals surface area contributed by atoms with Gasteiger partial charge in [0.15, 0.2) is 5.82 Å². The zero-order valence-electron chi connectivity index (χ0n) is 14.7. The van der Waals surface area contributed by atoms with Crippen LogP contribution >= 0.6 is 11.6 Å². The van der Waals surface area contributed by atoms with Gasteiger partial charge in [-0.15, -0.1) is 0 Å². The highest BCUT2D eigenvalue weighted by Crippen LogP contribution is 2.32. The second-order valence-corrected chi connectivity index (χ2v) is 6.35. The van der Waals surface area contributed by atoms with Crippen LogP contribution in [0.5, 0.6) is 0 Å². The minimum absolute atomic E-state index is 0.205. The molecule has 0 fully saturated rings. The maximum atomic E-state index is 12.9. The summed E-state index contributed by atoms with van der Waals surface area (Å²) in [6.45, 7) is 0.612. The fraction of sp³-hybridized carbons (Fsp3) is 0.211. The summed E-state index contributed by atoms with van der Waals surface area (Å²) in [4.78, 5) is 12.6. The van der Waals surface area contributed by atoms with Crippen molar-refractivity contribution in [2.75, 3.05) is 17.2 Å². The number of pyridine rings is 1. The Morgan fingerprint density at radius 3 is 2.64 bits per heavy atom. The topological polar surface area (TPSA) is 62.7 Å². The number of alkyl halides is 3. The van der Waals surface area contributed by atoms with E-state index in [-0.39, 0.29) is 16.5 Å². The van der Waals surface area contributed by atoms with Crippen molar-refractivity contribution in [3.8, 4) is 0 Å². The van der Waals surface area contributed by atoms with Crippen molar-refractivity contribution in [3.63, 3.8) is 0 Å². The Bertz CT molecular complexity index is 919. The first-order chi connectivity index (χ1) is 13.4. The summed E-state index contributed by atoms with van der Waals surface area (Å²) >= 11 is 6.07. The molecule has 0 saturated heterocycles. The minimum Gasteiger partial charge on any atom is -0.354 e. The Labute approximate surface area is 165 Å². The molecule has 0 radical (unpaired) electrons. The molecule has 28 heavy (non-hydrogen) atoms. The van der Waals surface area contributed by atoms with E-state index in [0.717, 1.165) is 30.7 Å². The molecule has 0 atom stereocenters. The number of aromatic nitrogens is 3. The SMILES string of the molecule is FC(F)(F)c1cccc(Nc2nc(NCCCc3ccccn3)ncc2Cl)c1. The van der Waals surface area contributed by atoms with Gasteiger partial charge in [0.25, 0.3) is 0 Å². The highest BCUT2D eigenvalue weighted by molar-refractivity contribution is 6.32. The smallest absolute Gasteiger partial charge is 0.354 e. The van der Waals surface area contributed by atoms with Gasteiger partial charge in [-0.3, -0.25) is 4.98 Å². The van der Waals surface area contributed by atoms with E-state index in [9.17, 15) is 13.2 Å². The molecule has 0 aliphatic rings. The van der Waals surface area contributed by atoms with E-state index >= 15 is 0 Å². The second-order valence-electron chi connectivity index (χ2n) is 5.95.